The molecule has 6 nitrogen and oxygen atoms in total. The zero-order valence-electron chi connectivity index (χ0n) is 15.3. The second-order valence-electron chi connectivity index (χ2n) is 5.94. The summed E-state index contributed by atoms with van der Waals surface area (Å²) in [6.45, 7) is 1.56. The molecular formula is C20H25N5O. The Morgan fingerprint density at radius 2 is 1.85 bits per heavy atom. The molecule has 0 spiro atoms. The highest BCUT2D eigenvalue weighted by Crippen LogP contribution is 2.17. The lowest BCUT2D eigenvalue weighted by atomic mass is 10.1. The van der Waals surface area contributed by atoms with E-state index in [4.69, 9.17) is 4.74 Å². The fourth-order valence-corrected chi connectivity index (χ4v) is 2.86. The number of aromatic nitrogens is 2. The Balaban J connectivity index is 1.44. The summed E-state index contributed by atoms with van der Waals surface area (Å²) in [5.41, 5.74) is 3.22. The van der Waals surface area contributed by atoms with Gasteiger partial charge in [-0.25, -0.2) is 4.98 Å². The summed E-state index contributed by atoms with van der Waals surface area (Å²) in [5, 5.41) is 6.68. The zero-order chi connectivity index (χ0) is 18.2. The van der Waals surface area contributed by atoms with E-state index in [-0.39, 0.29) is 0 Å². The molecule has 3 aromatic rings. The maximum absolute atomic E-state index is 5.39. The Labute approximate surface area is 153 Å². The number of rotatable bonds is 7. The number of nitrogens with one attached hydrogen (secondary N) is 2. The van der Waals surface area contributed by atoms with E-state index >= 15 is 0 Å². The van der Waals surface area contributed by atoms with Crippen molar-refractivity contribution in [3.63, 3.8) is 0 Å². The van der Waals surface area contributed by atoms with Crippen molar-refractivity contribution in [2.45, 2.75) is 12.8 Å². The van der Waals surface area contributed by atoms with Gasteiger partial charge in [-0.3, -0.25) is 4.99 Å². The molecule has 0 saturated carbocycles. The highest BCUT2D eigenvalue weighted by atomic mass is 16.5. The van der Waals surface area contributed by atoms with E-state index in [0.29, 0.717) is 0 Å². The summed E-state index contributed by atoms with van der Waals surface area (Å²) in [7, 11) is 3.48. The molecule has 2 aromatic heterocycles. The van der Waals surface area contributed by atoms with E-state index in [1.54, 1.807) is 14.2 Å². The summed E-state index contributed by atoms with van der Waals surface area (Å²) >= 11 is 0. The molecule has 0 aliphatic rings. The molecule has 3 rings (SSSR count). The van der Waals surface area contributed by atoms with Crippen molar-refractivity contribution >= 4 is 11.6 Å². The molecule has 0 fully saturated rings. The van der Waals surface area contributed by atoms with E-state index < -0.39 is 0 Å². The van der Waals surface area contributed by atoms with Gasteiger partial charge in [-0.05, 0) is 30.2 Å². The van der Waals surface area contributed by atoms with E-state index in [9.17, 15) is 0 Å². The molecule has 0 bridgehead atoms. The van der Waals surface area contributed by atoms with Gasteiger partial charge in [-0.15, -0.1) is 0 Å². The number of nitrogens with zero attached hydrogens (tertiary/aromatic N) is 3. The topological polar surface area (TPSA) is 63.0 Å². The number of aliphatic imine (C=N–C) groups is 1. The van der Waals surface area contributed by atoms with Crippen LogP contribution in [0.2, 0.25) is 0 Å². The lowest BCUT2D eigenvalue weighted by molar-refractivity contribution is 0.409. The first kappa shape index (κ1) is 17.8. The van der Waals surface area contributed by atoms with Gasteiger partial charge >= 0.3 is 0 Å². The number of fused-ring (bicyclic) bond motifs is 1. The van der Waals surface area contributed by atoms with Crippen molar-refractivity contribution in [3.05, 3.63) is 66.1 Å². The number of ether oxygens (including phenoxy) is 1. The quantitative estimate of drug-likeness (QED) is 0.506. The maximum atomic E-state index is 5.39. The van der Waals surface area contributed by atoms with Gasteiger partial charge in [-0.1, -0.05) is 24.3 Å². The first-order valence-corrected chi connectivity index (χ1v) is 8.79. The number of hydrogen-bond acceptors (Lipinski definition) is 3. The molecule has 0 amide bonds. The fraction of sp³-hybridized carbons (Fsp3) is 0.300. The van der Waals surface area contributed by atoms with Crippen LogP contribution < -0.4 is 15.4 Å². The highest BCUT2D eigenvalue weighted by molar-refractivity contribution is 5.79. The first-order chi connectivity index (χ1) is 12.8. The number of guanidine groups is 1. The summed E-state index contributed by atoms with van der Waals surface area (Å²) in [4.78, 5) is 8.88. The van der Waals surface area contributed by atoms with Crippen LogP contribution in [-0.2, 0) is 12.8 Å². The molecule has 136 valence electrons. The van der Waals surface area contributed by atoms with Gasteiger partial charge < -0.3 is 19.8 Å². The molecule has 0 saturated heterocycles. The van der Waals surface area contributed by atoms with Crippen molar-refractivity contribution in [1.29, 1.82) is 0 Å². The Morgan fingerprint density at radius 1 is 1.08 bits per heavy atom. The van der Waals surface area contributed by atoms with Gasteiger partial charge in [0.2, 0.25) is 0 Å². The molecule has 2 N–H and O–H groups in total. The van der Waals surface area contributed by atoms with Crippen LogP contribution in [0.4, 0.5) is 0 Å². The standard InChI is InChI=1S/C20H25N5O/c1-21-20(22-12-10-16-7-3-4-8-18(16)26-2)23-13-11-17-15-25-14-6-5-9-19(25)24-17/h3-9,14-15H,10-13H2,1-2H3,(H2,21,22,23). The minimum Gasteiger partial charge on any atom is -0.496 e. The normalized spacial score (nSPS) is 11.5. The average molecular weight is 351 g/mol. The van der Waals surface area contributed by atoms with Crippen LogP contribution in [0, 0.1) is 0 Å². The minimum absolute atomic E-state index is 0.776. The van der Waals surface area contributed by atoms with Crippen LogP contribution in [0.25, 0.3) is 5.65 Å². The van der Waals surface area contributed by atoms with E-state index in [1.807, 2.05) is 47.0 Å². The average Bonchev–Trinajstić information content (AvgIpc) is 3.10. The smallest absolute Gasteiger partial charge is 0.190 e. The van der Waals surface area contributed by atoms with Crippen LogP contribution in [0.5, 0.6) is 5.75 Å². The molecule has 2 heterocycles. The summed E-state index contributed by atoms with van der Waals surface area (Å²) in [6, 6.07) is 14.1. The lowest BCUT2D eigenvalue weighted by Gasteiger charge is -2.12. The molecule has 26 heavy (non-hydrogen) atoms. The lowest BCUT2D eigenvalue weighted by Crippen LogP contribution is -2.39. The Kier molecular flexibility index (Phi) is 6.09. The number of hydrogen-bond donors (Lipinski definition) is 2. The van der Waals surface area contributed by atoms with E-state index in [0.717, 1.165) is 49.0 Å². The maximum Gasteiger partial charge on any atom is 0.190 e. The molecule has 0 radical (unpaired) electrons. The predicted octanol–water partition coefficient (Wildman–Crippen LogP) is 2.29. The van der Waals surface area contributed by atoms with Crippen LogP contribution in [0.15, 0.2) is 59.9 Å². The monoisotopic (exact) mass is 351 g/mol. The number of benzene rings is 1. The molecule has 6 heteroatoms. The third-order valence-corrected chi connectivity index (χ3v) is 4.19. The van der Waals surface area contributed by atoms with Gasteiger partial charge in [-0.2, -0.15) is 0 Å². The third-order valence-electron chi connectivity index (χ3n) is 4.19. The summed E-state index contributed by atoms with van der Waals surface area (Å²) in [6.07, 6.45) is 5.79. The molecule has 0 aliphatic carbocycles. The Bertz CT molecular complexity index is 838. The Hall–Kier alpha value is -3.02. The van der Waals surface area contributed by atoms with Crippen LogP contribution in [-0.4, -0.2) is 42.6 Å². The van der Waals surface area contributed by atoms with Crippen molar-refractivity contribution in [1.82, 2.24) is 20.0 Å². The highest BCUT2D eigenvalue weighted by Gasteiger charge is 2.04. The molecule has 0 atom stereocenters. The molecule has 1 aromatic carbocycles. The summed E-state index contributed by atoms with van der Waals surface area (Å²) in [5.74, 6) is 1.72. The number of methoxy groups -OCH3 is 1. The zero-order valence-corrected chi connectivity index (χ0v) is 15.3. The van der Waals surface area contributed by atoms with Crippen LogP contribution >= 0.6 is 0 Å². The van der Waals surface area contributed by atoms with Gasteiger partial charge in [0.05, 0.1) is 12.8 Å². The fourth-order valence-electron chi connectivity index (χ4n) is 2.86. The van der Waals surface area contributed by atoms with E-state index in [1.165, 1.54) is 5.56 Å². The molecular weight excluding hydrogens is 326 g/mol. The van der Waals surface area contributed by atoms with Crippen molar-refractivity contribution in [2.24, 2.45) is 4.99 Å². The van der Waals surface area contributed by atoms with Crippen molar-refractivity contribution in [2.75, 3.05) is 27.2 Å². The van der Waals surface area contributed by atoms with Gasteiger partial charge in [0, 0.05) is 39.0 Å². The van der Waals surface area contributed by atoms with Crippen LogP contribution in [0.1, 0.15) is 11.3 Å². The number of para-hydroxylation sites is 1. The predicted molar refractivity (Wildman–Crippen MR) is 105 cm³/mol. The minimum atomic E-state index is 0.776. The number of imidazole rings is 1. The number of pyridine rings is 1. The van der Waals surface area contributed by atoms with E-state index in [2.05, 4.69) is 32.9 Å². The first-order valence-electron chi connectivity index (χ1n) is 8.79. The largest absolute Gasteiger partial charge is 0.496 e. The SMILES string of the molecule is CN=C(NCCc1cn2ccccc2n1)NCCc1ccccc1OC. The van der Waals surface area contributed by atoms with Gasteiger partial charge in [0.25, 0.3) is 0 Å². The third kappa shape index (κ3) is 4.53. The van der Waals surface area contributed by atoms with Crippen molar-refractivity contribution in [3.8, 4) is 5.75 Å². The van der Waals surface area contributed by atoms with Crippen molar-refractivity contribution < 1.29 is 4.74 Å². The second kappa shape index (κ2) is 8.89. The Morgan fingerprint density at radius 3 is 2.62 bits per heavy atom. The summed E-state index contributed by atoms with van der Waals surface area (Å²) < 4.78 is 7.42. The van der Waals surface area contributed by atoms with Gasteiger partial charge in [0.15, 0.2) is 5.96 Å². The molecule has 0 aliphatic heterocycles. The van der Waals surface area contributed by atoms with Crippen LogP contribution in [0.3, 0.4) is 0 Å². The van der Waals surface area contributed by atoms with Gasteiger partial charge in [0.1, 0.15) is 11.4 Å². The second-order valence-corrected chi connectivity index (χ2v) is 5.94. The molecule has 0 unspecified atom stereocenters.